The Bertz CT molecular complexity index is 472. The van der Waals surface area contributed by atoms with E-state index in [1.54, 1.807) is 30.1 Å². The van der Waals surface area contributed by atoms with E-state index in [0.29, 0.717) is 36.3 Å². The molecule has 0 bridgehead atoms. The topological polar surface area (TPSA) is 55.8 Å². The van der Waals surface area contributed by atoms with Crippen LogP contribution in [-0.4, -0.2) is 43.9 Å². The number of hydrogen-bond donors (Lipinski definition) is 0. The fraction of sp³-hybridized carbons (Fsp3) is 0.385. The van der Waals surface area contributed by atoms with Crippen molar-refractivity contribution < 1.29 is 19.1 Å². The molecule has 0 saturated carbocycles. The third kappa shape index (κ3) is 2.30. The molecule has 18 heavy (non-hydrogen) atoms. The van der Waals surface area contributed by atoms with E-state index in [1.165, 1.54) is 7.11 Å². The Hall–Kier alpha value is -2.04. The van der Waals surface area contributed by atoms with Gasteiger partial charge in [0.1, 0.15) is 11.5 Å². The van der Waals surface area contributed by atoms with Gasteiger partial charge in [-0.05, 0) is 18.2 Å². The Labute approximate surface area is 105 Å². The van der Waals surface area contributed by atoms with Gasteiger partial charge in [0.2, 0.25) is 0 Å². The van der Waals surface area contributed by atoms with Crippen LogP contribution in [0.4, 0.5) is 0 Å². The molecule has 0 N–H and O–H groups in total. The van der Waals surface area contributed by atoms with Crippen molar-refractivity contribution in [3.05, 3.63) is 23.8 Å². The molecule has 1 aromatic carbocycles. The first-order valence-corrected chi connectivity index (χ1v) is 5.70. The van der Waals surface area contributed by atoms with Gasteiger partial charge in [-0.2, -0.15) is 0 Å². The van der Waals surface area contributed by atoms with Gasteiger partial charge >= 0.3 is 0 Å². The number of nitrogens with zero attached hydrogens (tertiary/aromatic N) is 1. The van der Waals surface area contributed by atoms with E-state index in [-0.39, 0.29) is 5.91 Å². The molecule has 5 heteroatoms. The number of aldehydes is 1. The molecule has 1 fully saturated rings. The maximum Gasteiger partial charge on any atom is 0.263 e. The Balaban J connectivity index is 2.19. The number of ether oxygens (including phenoxy) is 2. The second-order valence-corrected chi connectivity index (χ2v) is 4.18. The van der Waals surface area contributed by atoms with Crippen LogP contribution in [0, 0.1) is 0 Å². The fourth-order valence-corrected chi connectivity index (χ4v) is 1.91. The van der Waals surface area contributed by atoms with Gasteiger partial charge in [-0.1, -0.05) is 0 Å². The van der Waals surface area contributed by atoms with Crippen molar-refractivity contribution in [1.29, 1.82) is 0 Å². The lowest BCUT2D eigenvalue weighted by atomic mass is 10.2. The number of rotatable bonds is 4. The Kier molecular flexibility index (Phi) is 3.50. The molecular formula is C13H15NO4. The zero-order chi connectivity index (χ0) is 13.1. The summed E-state index contributed by atoms with van der Waals surface area (Å²) < 4.78 is 10.6. The lowest BCUT2D eigenvalue weighted by molar-refractivity contribution is -0.132. The van der Waals surface area contributed by atoms with E-state index in [2.05, 4.69) is 0 Å². The molecule has 1 aliphatic rings. The number of carbonyl (C=O) groups is 2. The zero-order valence-corrected chi connectivity index (χ0v) is 10.4. The summed E-state index contributed by atoms with van der Waals surface area (Å²) in [5.74, 6) is 0.946. The number of carbonyl (C=O) groups excluding carboxylic acids is 2. The SMILES string of the molecule is COc1ccc(OC2CCN(C)C2=O)c(C=O)c1. The minimum Gasteiger partial charge on any atom is -0.497 e. The predicted molar refractivity (Wildman–Crippen MR) is 65.1 cm³/mol. The molecule has 5 nitrogen and oxygen atoms in total. The van der Waals surface area contributed by atoms with E-state index in [9.17, 15) is 9.59 Å². The van der Waals surface area contributed by atoms with E-state index in [4.69, 9.17) is 9.47 Å². The van der Waals surface area contributed by atoms with Crippen LogP contribution in [0.5, 0.6) is 11.5 Å². The second kappa shape index (κ2) is 5.08. The molecule has 0 radical (unpaired) electrons. The zero-order valence-electron chi connectivity index (χ0n) is 10.4. The van der Waals surface area contributed by atoms with E-state index >= 15 is 0 Å². The van der Waals surface area contributed by atoms with Gasteiger partial charge < -0.3 is 14.4 Å². The van der Waals surface area contributed by atoms with E-state index < -0.39 is 6.10 Å². The van der Waals surface area contributed by atoms with E-state index in [0.717, 1.165) is 0 Å². The summed E-state index contributed by atoms with van der Waals surface area (Å²) in [6.07, 6.45) is 0.836. The minimum atomic E-state index is -0.498. The second-order valence-electron chi connectivity index (χ2n) is 4.18. The number of likely N-dealkylation sites (tertiary alicyclic amines) is 1. The van der Waals surface area contributed by atoms with Crippen LogP contribution < -0.4 is 9.47 Å². The molecule has 96 valence electrons. The first kappa shape index (κ1) is 12.4. The van der Waals surface area contributed by atoms with Crippen molar-refractivity contribution in [1.82, 2.24) is 4.90 Å². The molecule has 0 aliphatic carbocycles. The lowest BCUT2D eigenvalue weighted by Crippen LogP contribution is -2.29. The van der Waals surface area contributed by atoms with Crippen LogP contribution in [0.25, 0.3) is 0 Å². The van der Waals surface area contributed by atoms with Crippen LogP contribution >= 0.6 is 0 Å². The summed E-state index contributed by atoms with van der Waals surface area (Å²) >= 11 is 0. The average Bonchev–Trinajstić information content (AvgIpc) is 2.71. The quantitative estimate of drug-likeness (QED) is 0.750. The van der Waals surface area contributed by atoms with E-state index in [1.807, 2.05) is 0 Å². The predicted octanol–water partition coefficient (Wildman–Crippen LogP) is 1.12. The number of likely N-dealkylation sites (N-methyl/N-ethyl adjacent to an activating group) is 1. The maximum absolute atomic E-state index is 11.7. The molecule has 1 saturated heterocycles. The van der Waals surface area contributed by atoms with Crippen molar-refractivity contribution in [3.8, 4) is 11.5 Å². The third-order valence-corrected chi connectivity index (χ3v) is 2.99. The molecule has 0 spiro atoms. The Morgan fingerprint density at radius 2 is 2.22 bits per heavy atom. The number of hydrogen-bond acceptors (Lipinski definition) is 4. The van der Waals surface area contributed by atoms with Gasteiger partial charge in [-0.25, -0.2) is 0 Å². The minimum absolute atomic E-state index is 0.0531. The van der Waals surface area contributed by atoms with Crippen LogP contribution in [-0.2, 0) is 4.79 Å². The van der Waals surface area contributed by atoms with Crippen LogP contribution in [0.15, 0.2) is 18.2 Å². The molecule has 1 atom stereocenters. The first-order valence-electron chi connectivity index (χ1n) is 5.70. The van der Waals surface area contributed by atoms with Gasteiger partial charge in [-0.3, -0.25) is 9.59 Å². The monoisotopic (exact) mass is 249 g/mol. The Morgan fingerprint density at radius 3 is 2.78 bits per heavy atom. The molecule has 1 aromatic rings. The summed E-state index contributed by atoms with van der Waals surface area (Å²) in [5, 5.41) is 0. The fourth-order valence-electron chi connectivity index (χ4n) is 1.91. The lowest BCUT2D eigenvalue weighted by Gasteiger charge is -2.14. The largest absolute Gasteiger partial charge is 0.497 e. The van der Waals surface area contributed by atoms with Crippen molar-refractivity contribution in [3.63, 3.8) is 0 Å². The van der Waals surface area contributed by atoms with Crippen molar-refractivity contribution in [2.75, 3.05) is 20.7 Å². The summed E-state index contributed by atoms with van der Waals surface area (Å²) in [5.41, 5.74) is 0.386. The normalized spacial score (nSPS) is 18.9. The first-order chi connectivity index (χ1) is 8.65. The van der Waals surface area contributed by atoms with Gasteiger partial charge in [0.25, 0.3) is 5.91 Å². The maximum atomic E-state index is 11.7. The highest BCUT2D eigenvalue weighted by atomic mass is 16.5. The molecule has 1 unspecified atom stereocenters. The third-order valence-electron chi connectivity index (χ3n) is 2.99. The van der Waals surface area contributed by atoms with Gasteiger partial charge in [0.05, 0.1) is 12.7 Å². The van der Waals surface area contributed by atoms with Crippen molar-refractivity contribution in [2.24, 2.45) is 0 Å². The van der Waals surface area contributed by atoms with Crippen molar-refractivity contribution in [2.45, 2.75) is 12.5 Å². The average molecular weight is 249 g/mol. The summed E-state index contributed by atoms with van der Waals surface area (Å²) in [6, 6.07) is 4.94. The Morgan fingerprint density at radius 1 is 1.44 bits per heavy atom. The highest BCUT2D eigenvalue weighted by Crippen LogP contribution is 2.25. The summed E-state index contributed by atoms with van der Waals surface area (Å²) in [4.78, 5) is 24.3. The number of benzene rings is 1. The molecule has 1 amide bonds. The highest BCUT2D eigenvalue weighted by molar-refractivity contribution is 5.84. The van der Waals surface area contributed by atoms with Crippen molar-refractivity contribution >= 4 is 12.2 Å². The summed E-state index contributed by atoms with van der Waals surface area (Å²) in [7, 11) is 3.26. The molecule has 2 rings (SSSR count). The van der Waals surface area contributed by atoms with Crippen LogP contribution in [0.1, 0.15) is 16.8 Å². The number of amides is 1. The smallest absolute Gasteiger partial charge is 0.263 e. The van der Waals surface area contributed by atoms with Gasteiger partial charge in [-0.15, -0.1) is 0 Å². The summed E-state index contributed by atoms with van der Waals surface area (Å²) in [6.45, 7) is 0.677. The molecule has 1 heterocycles. The highest BCUT2D eigenvalue weighted by Gasteiger charge is 2.31. The van der Waals surface area contributed by atoms with Crippen LogP contribution in [0.3, 0.4) is 0 Å². The standard InChI is InChI=1S/C13H15NO4/c1-14-6-5-12(13(14)16)18-11-4-3-10(17-2)7-9(11)8-15/h3-4,7-8,12H,5-6H2,1-2H3. The van der Waals surface area contributed by atoms with Crippen LogP contribution in [0.2, 0.25) is 0 Å². The molecule has 0 aromatic heterocycles. The molecular weight excluding hydrogens is 234 g/mol. The van der Waals surface area contributed by atoms with Gasteiger partial charge in [0, 0.05) is 20.0 Å². The molecule has 1 aliphatic heterocycles. The van der Waals surface area contributed by atoms with Gasteiger partial charge in [0.15, 0.2) is 12.4 Å². The number of methoxy groups -OCH3 is 1.